The molecule has 6 N–H and O–H groups in total. The van der Waals surface area contributed by atoms with Gasteiger partial charge in [0, 0.05) is 6.07 Å². The molecular formula is C7H9F2N5O. The third-order valence-electron chi connectivity index (χ3n) is 1.50. The van der Waals surface area contributed by atoms with Gasteiger partial charge in [0.15, 0.2) is 23.3 Å². The SMILES string of the molecule is NNc1nc(NCC(N)=O)c(F)cc1F. The van der Waals surface area contributed by atoms with Crippen LogP contribution in [0, 0.1) is 11.6 Å². The number of nitrogens with zero attached hydrogens (tertiary/aromatic N) is 1. The second-order valence-electron chi connectivity index (χ2n) is 2.61. The van der Waals surface area contributed by atoms with Crippen molar-refractivity contribution >= 4 is 17.5 Å². The molecule has 0 saturated carbocycles. The maximum absolute atomic E-state index is 13.0. The average molecular weight is 217 g/mol. The second kappa shape index (κ2) is 4.51. The lowest BCUT2D eigenvalue weighted by atomic mass is 10.4. The van der Waals surface area contributed by atoms with Crippen molar-refractivity contribution in [1.29, 1.82) is 0 Å². The fraction of sp³-hybridized carbons (Fsp3) is 0.143. The van der Waals surface area contributed by atoms with Gasteiger partial charge in [0.25, 0.3) is 0 Å². The van der Waals surface area contributed by atoms with E-state index in [4.69, 9.17) is 11.6 Å². The first kappa shape index (κ1) is 11.1. The number of primary amides is 1. The lowest BCUT2D eigenvalue weighted by Gasteiger charge is -2.07. The molecule has 1 rings (SSSR count). The Bertz CT molecular complexity index is 384. The van der Waals surface area contributed by atoms with Crippen LogP contribution < -0.4 is 22.3 Å². The zero-order valence-electron chi connectivity index (χ0n) is 7.55. The van der Waals surface area contributed by atoms with Crippen LogP contribution in [0.2, 0.25) is 0 Å². The largest absolute Gasteiger partial charge is 0.368 e. The Kier molecular flexibility index (Phi) is 3.34. The summed E-state index contributed by atoms with van der Waals surface area (Å²) in [5.74, 6) is 1.74. The smallest absolute Gasteiger partial charge is 0.236 e. The highest BCUT2D eigenvalue weighted by molar-refractivity contribution is 5.78. The highest BCUT2D eigenvalue weighted by atomic mass is 19.1. The minimum atomic E-state index is -0.937. The summed E-state index contributed by atoms with van der Waals surface area (Å²) in [6.45, 7) is -0.306. The van der Waals surface area contributed by atoms with Crippen LogP contribution in [0.3, 0.4) is 0 Å². The maximum atomic E-state index is 13.0. The Morgan fingerprint density at radius 1 is 1.40 bits per heavy atom. The van der Waals surface area contributed by atoms with Gasteiger partial charge in [-0.2, -0.15) is 0 Å². The number of carbonyl (C=O) groups is 1. The number of aromatic nitrogens is 1. The van der Waals surface area contributed by atoms with E-state index in [0.29, 0.717) is 6.07 Å². The number of nitrogen functional groups attached to an aromatic ring is 1. The maximum Gasteiger partial charge on any atom is 0.236 e. The van der Waals surface area contributed by atoms with Crippen LogP contribution in [-0.2, 0) is 4.79 Å². The Balaban J connectivity index is 2.92. The monoisotopic (exact) mass is 217 g/mol. The number of hydrogen-bond acceptors (Lipinski definition) is 5. The van der Waals surface area contributed by atoms with Crippen LogP contribution in [-0.4, -0.2) is 17.4 Å². The van der Waals surface area contributed by atoms with Crippen LogP contribution in [0.15, 0.2) is 6.07 Å². The van der Waals surface area contributed by atoms with E-state index in [1.54, 1.807) is 0 Å². The fourth-order valence-corrected chi connectivity index (χ4v) is 0.863. The van der Waals surface area contributed by atoms with E-state index in [9.17, 15) is 13.6 Å². The van der Waals surface area contributed by atoms with Gasteiger partial charge in [-0.05, 0) is 0 Å². The number of carbonyl (C=O) groups excluding carboxylic acids is 1. The number of rotatable bonds is 4. The topological polar surface area (TPSA) is 106 Å². The molecule has 1 amide bonds. The fourth-order valence-electron chi connectivity index (χ4n) is 0.863. The van der Waals surface area contributed by atoms with E-state index in [1.807, 2.05) is 5.43 Å². The molecular weight excluding hydrogens is 208 g/mol. The average Bonchev–Trinajstić information content (AvgIpc) is 2.16. The number of pyridine rings is 1. The van der Waals surface area contributed by atoms with Crippen molar-refractivity contribution in [2.75, 3.05) is 17.3 Å². The highest BCUT2D eigenvalue weighted by Gasteiger charge is 2.11. The zero-order valence-corrected chi connectivity index (χ0v) is 7.55. The van der Waals surface area contributed by atoms with E-state index < -0.39 is 17.5 Å². The predicted molar refractivity (Wildman–Crippen MR) is 49.6 cm³/mol. The van der Waals surface area contributed by atoms with Crippen molar-refractivity contribution < 1.29 is 13.6 Å². The summed E-state index contributed by atoms with van der Waals surface area (Å²) in [6, 6.07) is 0.589. The van der Waals surface area contributed by atoms with Gasteiger partial charge in [-0.15, -0.1) is 0 Å². The van der Waals surface area contributed by atoms with Crippen molar-refractivity contribution in [2.45, 2.75) is 0 Å². The van der Waals surface area contributed by atoms with Gasteiger partial charge in [0.1, 0.15) is 0 Å². The van der Waals surface area contributed by atoms with E-state index in [1.165, 1.54) is 0 Å². The number of hydrazine groups is 1. The van der Waals surface area contributed by atoms with Gasteiger partial charge in [-0.25, -0.2) is 19.6 Å². The van der Waals surface area contributed by atoms with Crippen LogP contribution in [0.4, 0.5) is 20.4 Å². The second-order valence-corrected chi connectivity index (χ2v) is 2.61. The standard InChI is InChI=1S/C7H9F2N5O/c8-3-1-4(9)7(14-11)13-6(3)12-2-5(10)15/h1H,2,11H2,(H2,10,15)(H2,12,13,14). The third kappa shape index (κ3) is 2.74. The molecule has 0 atom stereocenters. The van der Waals surface area contributed by atoms with E-state index in [2.05, 4.69) is 10.3 Å². The normalized spacial score (nSPS) is 9.80. The van der Waals surface area contributed by atoms with Gasteiger partial charge >= 0.3 is 0 Å². The molecule has 0 saturated heterocycles. The molecule has 0 spiro atoms. The molecule has 8 heteroatoms. The molecule has 0 aromatic carbocycles. The molecule has 1 aromatic rings. The molecule has 0 fully saturated rings. The summed E-state index contributed by atoms with van der Waals surface area (Å²) >= 11 is 0. The molecule has 0 radical (unpaired) electrons. The molecule has 0 aliphatic heterocycles. The van der Waals surface area contributed by atoms with Gasteiger partial charge in [0.05, 0.1) is 6.54 Å². The summed E-state index contributed by atoms with van der Waals surface area (Å²) in [5.41, 5.74) is 6.77. The van der Waals surface area contributed by atoms with Crippen molar-refractivity contribution in [3.05, 3.63) is 17.7 Å². The van der Waals surface area contributed by atoms with Gasteiger partial charge < -0.3 is 16.5 Å². The quantitative estimate of drug-likeness (QED) is 0.403. The number of hydrogen-bond donors (Lipinski definition) is 4. The van der Waals surface area contributed by atoms with Crippen molar-refractivity contribution in [2.24, 2.45) is 11.6 Å². The molecule has 1 aromatic heterocycles. The molecule has 82 valence electrons. The van der Waals surface area contributed by atoms with Crippen molar-refractivity contribution in [1.82, 2.24) is 4.98 Å². The predicted octanol–water partition coefficient (Wildman–Crippen LogP) is -0.457. The molecule has 15 heavy (non-hydrogen) atoms. The summed E-state index contributed by atoms with van der Waals surface area (Å²) in [5, 5.41) is 2.29. The Hall–Kier alpha value is -1.96. The summed E-state index contributed by atoms with van der Waals surface area (Å²) in [7, 11) is 0. The van der Waals surface area contributed by atoms with Crippen molar-refractivity contribution in [3.8, 4) is 0 Å². The number of halogens is 2. The van der Waals surface area contributed by atoms with Gasteiger partial charge in [-0.3, -0.25) is 4.79 Å². The number of anilines is 2. The lowest BCUT2D eigenvalue weighted by molar-refractivity contribution is -0.116. The van der Waals surface area contributed by atoms with Crippen LogP contribution >= 0.6 is 0 Å². The minimum absolute atomic E-state index is 0.303. The van der Waals surface area contributed by atoms with Crippen LogP contribution in [0.5, 0.6) is 0 Å². The summed E-state index contributed by atoms with van der Waals surface area (Å²) in [6.07, 6.45) is 0. The third-order valence-corrected chi connectivity index (χ3v) is 1.50. The Labute approximate surface area is 83.6 Å². The minimum Gasteiger partial charge on any atom is -0.368 e. The zero-order chi connectivity index (χ0) is 11.4. The first-order chi connectivity index (χ1) is 7.04. The molecule has 0 aliphatic rings. The van der Waals surface area contributed by atoms with E-state index in [-0.39, 0.29) is 18.2 Å². The van der Waals surface area contributed by atoms with Gasteiger partial charge in [-0.1, -0.05) is 0 Å². The van der Waals surface area contributed by atoms with Crippen LogP contribution in [0.1, 0.15) is 0 Å². The summed E-state index contributed by atoms with van der Waals surface area (Å²) < 4.78 is 25.9. The highest BCUT2D eigenvalue weighted by Crippen LogP contribution is 2.17. The van der Waals surface area contributed by atoms with Gasteiger partial charge in [0.2, 0.25) is 5.91 Å². The number of amides is 1. The Morgan fingerprint density at radius 2 is 2.00 bits per heavy atom. The summed E-state index contributed by atoms with van der Waals surface area (Å²) in [4.78, 5) is 13.9. The van der Waals surface area contributed by atoms with E-state index in [0.717, 1.165) is 0 Å². The molecule has 1 heterocycles. The molecule has 0 bridgehead atoms. The van der Waals surface area contributed by atoms with Crippen LogP contribution in [0.25, 0.3) is 0 Å². The molecule has 0 unspecified atom stereocenters. The lowest BCUT2D eigenvalue weighted by Crippen LogP contribution is -2.23. The van der Waals surface area contributed by atoms with Crippen molar-refractivity contribution in [3.63, 3.8) is 0 Å². The Morgan fingerprint density at radius 3 is 2.53 bits per heavy atom. The molecule has 0 aliphatic carbocycles. The first-order valence-corrected chi connectivity index (χ1v) is 3.89. The number of nitrogens with one attached hydrogen (secondary N) is 2. The van der Waals surface area contributed by atoms with E-state index >= 15 is 0 Å². The first-order valence-electron chi connectivity index (χ1n) is 3.89. The number of nitrogens with two attached hydrogens (primary N) is 2. The molecule has 6 nitrogen and oxygen atoms in total.